The van der Waals surface area contributed by atoms with Crippen molar-refractivity contribution in [3.05, 3.63) is 71.4 Å². The van der Waals surface area contributed by atoms with Gasteiger partial charge in [0, 0.05) is 0 Å². The van der Waals surface area contributed by atoms with Crippen LogP contribution in [0.3, 0.4) is 0 Å². The topological polar surface area (TPSA) is 18.5 Å². The van der Waals surface area contributed by atoms with E-state index in [-0.39, 0.29) is 0 Å². The Morgan fingerprint density at radius 3 is 2.28 bits per heavy atom. The fourth-order valence-electron chi connectivity index (χ4n) is 2.85. The summed E-state index contributed by atoms with van der Waals surface area (Å²) >= 11 is 0. The molecule has 0 spiro atoms. The zero-order valence-corrected chi connectivity index (χ0v) is 17.1. The predicted octanol–water partition coefficient (Wildman–Crippen LogP) is 4.95. The standard InChI is InChI=1S/C22H30O2Si/c1-18(16-24-17-20-11-13-21(23-3)14-12-20)15-19(2)25(4,5)22-9-7-6-8-10-22/h6-15,18H,16-17H2,1-5H3/b19-15+/t18-/m1/s1. The summed E-state index contributed by atoms with van der Waals surface area (Å²) in [5, 5.41) is 2.99. The van der Waals surface area contributed by atoms with Crippen LogP contribution in [0.5, 0.6) is 5.75 Å². The number of allylic oxidation sites excluding steroid dienone is 1. The highest BCUT2D eigenvalue weighted by Gasteiger charge is 2.25. The molecule has 2 aromatic carbocycles. The Hall–Kier alpha value is -1.84. The highest BCUT2D eigenvalue weighted by molar-refractivity contribution is 6.95. The molecule has 0 aliphatic carbocycles. The van der Waals surface area contributed by atoms with Crippen molar-refractivity contribution in [2.75, 3.05) is 13.7 Å². The molecule has 0 aromatic heterocycles. The van der Waals surface area contributed by atoms with Crippen LogP contribution in [0.1, 0.15) is 19.4 Å². The molecule has 0 aliphatic rings. The maximum atomic E-state index is 5.90. The molecule has 25 heavy (non-hydrogen) atoms. The Kier molecular flexibility index (Phi) is 7.03. The van der Waals surface area contributed by atoms with Gasteiger partial charge in [-0.1, -0.05) is 78.9 Å². The van der Waals surface area contributed by atoms with Crippen LogP contribution in [0.15, 0.2) is 65.9 Å². The largest absolute Gasteiger partial charge is 0.497 e. The number of methoxy groups -OCH3 is 1. The maximum absolute atomic E-state index is 5.90. The molecule has 2 aromatic rings. The second-order valence-corrected chi connectivity index (χ2v) is 11.8. The second kappa shape index (κ2) is 9.02. The van der Waals surface area contributed by atoms with Crippen LogP contribution in [0.25, 0.3) is 0 Å². The summed E-state index contributed by atoms with van der Waals surface area (Å²) in [6, 6.07) is 18.9. The average Bonchev–Trinajstić information content (AvgIpc) is 2.63. The first kappa shape index (κ1) is 19.5. The van der Waals surface area contributed by atoms with Crippen molar-refractivity contribution in [1.82, 2.24) is 0 Å². The molecular weight excluding hydrogens is 324 g/mol. The van der Waals surface area contributed by atoms with Gasteiger partial charge in [0.25, 0.3) is 0 Å². The number of rotatable bonds is 8. The zero-order chi connectivity index (χ0) is 18.3. The fourth-order valence-corrected chi connectivity index (χ4v) is 5.03. The first-order chi connectivity index (χ1) is 11.9. The van der Waals surface area contributed by atoms with Gasteiger partial charge in [-0.3, -0.25) is 0 Å². The van der Waals surface area contributed by atoms with Gasteiger partial charge in [-0.05, 0) is 30.5 Å². The minimum absolute atomic E-state index is 0.411. The second-order valence-electron chi connectivity index (χ2n) is 7.18. The van der Waals surface area contributed by atoms with Crippen molar-refractivity contribution in [1.29, 1.82) is 0 Å². The molecule has 0 unspecified atom stereocenters. The van der Waals surface area contributed by atoms with E-state index in [1.807, 2.05) is 12.1 Å². The molecule has 1 atom stereocenters. The van der Waals surface area contributed by atoms with Gasteiger partial charge in [0.2, 0.25) is 0 Å². The van der Waals surface area contributed by atoms with Crippen molar-refractivity contribution in [2.45, 2.75) is 33.5 Å². The zero-order valence-electron chi connectivity index (χ0n) is 16.1. The molecule has 3 heteroatoms. The summed E-state index contributed by atoms with van der Waals surface area (Å²) in [5.41, 5.74) is 1.17. The first-order valence-electron chi connectivity index (χ1n) is 8.88. The Bertz CT molecular complexity index is 675. The van der Waals surface area contributed by atoms with E-state index < -0.39 is 8.07 Å². The molecule has 2 nitrogen and oxygen atoms in total. The summed E-state index contributed by atoms with van der Waals surface area (Å²) in [6.07, 6.45) is 2.40. The van der Waals surface area contributed by atoms with E-state index >= 15 is 0 Å². The molecule has 0 saturated carbocycles. The fraction of sp³-hybridized carbons (Fsp3) is 0.364. The van der Waals surface area contributed by atoms with Crippen molar-refractivity contribution >= 4 is 13.3 Å². The van der Waals surface area contributed by atoms with Crippen molar-refractivity contribution < 1.29 is 9.47 Å². The van der Waals surface area contributed by atoms with E-state index in [0.29, 0.717) is 12.5 Å². The summed E-state index contributed by atoms with van der Waals surface area (Å²) in [6.45, 7) is 10.7. The third-order valence-electron chi connectivity index (χ3n) is 4.82. The summed E-state index contributed by atoms with van der Waals surface area (Å²) in [4.78, 5) is 0. The number of hydrogen-bond acceptors (Lipinski definition) is 2. The summed E-state index contributed by atoms with van der Waals surface area (Å²) in [7, 11) is 0.115. The van der Waals surface area contributed by atoms with Gasteiger partial charge >= 0.3 is 0 Å². The molecule has 2 rings (SSSR count). The lowest BCUT2D eigenvalue weighted by Gasteiger charge is -2.25. The van der Waals surface area contributed by atoms with Crippen LogP contribution in [0.4, 0.5) is 0 Å². The quantitative estimate of drug-likeness (QED) is 0.625. The van der Waals surface area contributed by atoms with E-state index in [2.05, 4.69) is 75.5 Å². The van der Waals surface area contributed by atoms with E-state index in [0.717, 1.165) is 12.4 Å². The maximum Gasteiger partial charge on any atom is 0.118 e. The third-order valence-corrected chi connectivity index (χ3v) is 8.74. The molecule has 0 N–H and O–H groups in total. The van der Waals surface area contributed by atoms with E-state index in [9.17, 15) is 0 Å². The van der Waals surface area contributed by atoms with Gasteiger partial charge in [-0.2, -0.15) is 0 Å². The molecule has 134 valence electrons. The van der Waals surface area contributed by atoms with Crippen LogP contribution < -0.4 is 9.92 Å². The van der Waals surface area contributed by atoms with Crippen LogP contribution in [0, 0.1) is 5.92 Å². The highest BCUT2D eigenvalue weighted by atomic mass is 28.3. The predicted molar refractivity (Wildman–Crippen MR) is 109 cm³/mol. The SMILES string of the molecule is COc1ccc(COC[C@H](C)/C=C(\C)[Si](C)(C)c2ccccc2)cc1. The molecule has 0 heterocycles. The van der Waals surface area contributed by atoms with Crippen LogP contribution in [-0.2, 0) is 11.3 Å². The van der Waals surface area contributed by atoms with E-state index in [4.69, 9.17) is 9.47 Å². The normalized spacial score (nSPS) is 13.6. The van der Waals surface area contributed by atoms with Gasteiger partial charge in [-0.25, -0.2) is 0 Å². The molecule has 0 radical (unpaired) electrons. The smallest absolute Gasteiger partial charge is 0.118 e. The van der Waals surface area contributed by atoms with Crippen molar-refractivity contribution in [3.8, 4) is 5.75 Å². The van der Waals surface area contributed by atoms with Crippen LogP contribution in [-0.4, -0.2) is 21.8 Å². The first-order valence-corrected chi connectivity index (χ1v) is 11.9. The van der Waals surface area contributed by atoms with E-state index in [1.54, 1.807) is 7.11 Å². The monoisotopic (exact) mass is 354 g/mol. The minimum atomic E-state index is -1.57. The Labute approximate surface area is 153 Å². The number of hydrogen-bond donors (Lipinski definition) is 0. The van der Waals surface area contributed by atoms with Crippen molar-refractivity contribution in [3.63, 3.8) is 0 Å². The molecule has 0 fully saturated rings. The Morgan fingerprint density at radius 1 is 1.04 bits per heavy atom. The molecule has 0 bridgehead atoms. The third kappa shape index (κ3) is 5.58. The minimum Gasteiger partial charge on any atom is -0.497 e. The van der Waals surface area contributed by atoms with Crippen LogP contribution in [0.2, 0.25) is 13.1 Å². The molecular formula is C22H30O2Si. The van der Waals surface area contributed by atoms with Gasteiger partial charge in [-0.15, -0.1) is 0 Å². The van der Waals surface area contributed by atoms with Gasteiger partial charge < -0.3 is 9.47 Å². The highest BCUT2D eigenvalue weighted by Crippen LogP contribution is 2.18. The number of ether oxygens (including phenoxy) is 2. The van der Waals surface area contributed by atoms with Gasteiger partial charge in [0.05, 0.1) is 20.3 Å². The lowest BCUT2D eigenvalue weighted by Crippen LogP contribution is -2.43. The Balaban J connectivity index is 1.89. The molecule has 0 aliphatic heterocycles. The van der Waals surface area contributed by atoms with Crippen molar-refractivity contribution in [2.24, 2.45) is 5.92 Å². The average molecular weight is 355 g/mol. The van der Waals surface area contributed by atoms with Crippen LogP contribution >= 0.6 is 0 Å². The molecule has 0 amide bonds. The molecule has 0 saturated heterocycles. The summed E-state index contributed by atoms with van der Waals surface area (Å²) in [5.74, 6) is 1.29. The Morgan fingerprint density at radius 2 is 1.68 bits per heavy atom. The van der Waals surface area contributed by atoms with Gasteiger partial charge in [0.15, 0.2) is 0 Å². The lowest BCUT2D eigenvalue weighted by molar-refractivity contribution is 0.104. The van der Waals surface area contributed by atoms with Gasteiger partial charge in [0.1, 0.15) is 13.8 Å². The summed E-state index contributed by atoms with van der Waals surface area (Å²) < 4.78 is 11.1. The van der Waals surface area contributed by atoms with E-state index in [1.165, 1.54) is 15.9 Å². The lowest BCUT2D eigenvalue weighted by atomic mass is 10.2. The number of benzene rings is 2.